The normalized spacial score (nSPS) is 6.80. The van der Waals surface area contributed by atoms with Crippen LogP contribution in [0, 0.1) is 5.41 Å². The molecule has 0 aromatic rings. The highest BCUT2D eigenvalue weighted by Crippen LogP contribution is 1.88. The van der Waals surface area contributed by atoms with Crippen molar-refractivity contribution in [1.82, 2.24) is 5.12 Å². The van der Waals surface area contributed by atoms with Crippen LogP contribution in [0.15, 0.2) is 10.4 Å². The smallest absolute Gasteiger partial charge is 0.299 e. The van der Waals surface area contributed by atoms with Gasteiger partial charge in [0.1, 0.15) is 0 Å². The van der Waals surface area contributed by atoms with E-state index in [-0.39, 0.29) is 0 Å². The lowest BCUT2D eigenvalue weighted by Crippen LogP contribution is -2.26. The van der Waals surface area contributed by atoms with Crippen molar-refractivity contribution in [2.24, 2.45) is 16.2 Å². The molecule has 9 nitrogen and oxygen atoms in total. The predicted octanol–water partition coefficient (Wildman–Crippen LogP) is 0.632. The van der Waals surface area contributed by atoms with E-state index in [9.17, 15) is 0 Å². The van der Waals surface area contributed by atoms with E-state index in [1.165, 1.54) is 0 Å². The molecule has 0 aliphatic carbocycles. The summed E-state index contributed by atoms with van der Waals surface area (Å²) in [7, 11) is 0. The molecule has 0 unspecified atom stereocenters. The second-order valence-electron chi connectivity index (χ2n) is 1.03. The van der Waals surface area contributed by atoms with Crippen LogP contribution in [0.3, 0.4) is 0 Å². The molecular weight excluding hydrogens is 138 g/mol. The SMILES string of the molecule is [N-]=[N+]=NN(N=[N+]=[N-])C(=N)N. The second-order valence-corrected chi connectivity index (χ2v) is 1.03. The highest BCUT2D eigenvalue weighted by Gasteiger charge is 2.00. The van der Waals surface area contributed by atoms with E-state index < -0.39 is 5.96 Å². The first-order valence-electron chi connectivity index (χ1n) is 1.96. The quantitative estimate of drug-likeness (QED) is 0.145. The van der Waals surface area contributed by atoms with Crippen molar-refractivity contribution in [1.29, 1.82) is 5.41 Å². The third kappa shape index (κ3) is 2.26. The first kappa shape index (κ1) is 7.89. The van der Waals surface area contributed by atoms with Crippen molar-refractivity contribution in [3.63, 3.8) is 0 Å². The minimum absolute atomic E-state index is 0.306. The van der Waals surface area contributed by atoms with Gasteiger partial charge in [-0.25, -0.2) is 5.41 Å². The van der Waals surface area contributed by atoms with Gasteiger partial charge in [0, 0.05) is 10.4 Å². The van der Waals surface area contributed by atoms with Crippen molar-refractivity contribution in [3.8, 4) is 0 Å². The maximum Gasteiger partial charge on any atom is 0.299 e. The summed E-state index contributed by atoms with van der Waals surface area (Å²) in [4.78, 5) is 4.48. The van der Waals surface area contributed by atoms with Gasteiger partial charge in [0.05, 0.1) is 0 Å². The van der Waals surface area contributed by atoms with E-state index in [1.807, 2.05) is 0 Å². The third-order valence-corrected chi connectivity index (χ3v) is 0.465. The maximum atomic E-state index is 7.79. The second kappa shape index (κ2) is 3.84. The molecule has 0 spiro atoms. The molecule has 0 bridgehead atoms. The first-order chi connectivity index (χ1) is 4.72. The van der Waals surface area contributed by atoms with E-state index in [0.717, 1.165) is 0 Å². The first-order valence-corrected chi connectivity index (χ1v) is 1.96. The zero-order valence-electron chi connectivity index (χ0n) is 4.71. The molecule has 9 heteroatoms. The predicted molar refractivity (Wildman–Crippen MR) is 32.0 cm³/mol. The van der Waals surface area contributed by atoms with E-state index in [4.69, 9.17) is 22.2 Å². The Balaban J connectivity index is 4.40. The molecule has 0 saturated heterocycles. The highest BCUT2D eigenvalue weighted by atomic mass is 15.8. The standard InChI is InChI=1S/CH3N9/c2-1(3)10(8-6-4)9-7-5/h(H3,2,3). The zero-order valence-corrected chi connectivity index (χ0v) is 4.71. The number of azide groups is 1. The minimum Gasteiger partial charge on any atom is -0.349 e. The third-order valence-electron chi connectivity index (χ3n) is 0.465. The van der Waals surface area contributed by atoms with E-state index in [0.29, 0.717) is 5.12 Å². The summed E-state index contributed by atoms with van der Waals surface area (Å²) < 4.78 is 0. The molecule has 0 saturated carbocycles. The molecule has 0 aromatic heterocycles. The van der Waals surface area contributed by atoms with Crippen LogP contribution in [0.2, 0.25) is 0 Å². The molecule has 0 amide bonds. The Morgan fingerprint density at radius 2 is 1.80 bits per heavy atom. The molecule has 3 N–H and O–H groups in total. The number of nitrogens with one attached hydrogen (secondary N) is 1. The summed E-state index contributed by atoms with van der Waals surface area (Å²) in [6, 6.07) is 0. The fraction of sp³-hybridized carbons (Fsp3) is 0. The summed E-state index contributed by atoms with van der Waals surface area (Å²) in [5, 5.41) is 12.5. The minimum atomic E-state index is -0.643. The lowest BCUT2D eigenvalue weighted by Gasteiger charge is -2.00. The summed E-state index contributed by atoms with van der Waals surface area (Å²) in [6.45, 7) is 0. The Kier molecular flexibility index (Phi) is 3.03. The highest BCUT2D eigenvalue weighted by molar-refractivity contribution is 5.73. The van der Waals surface area contributed by atoms with Crippen LogP contribution in [0.1, 0.15) is 0 Å². The fourth-order valence-corrected chi connectivity index (χ4v) is 0.190. The van der Waals surface area contributed by atoms with Crippen LogP contribution in [0.5, 0.6) is 0 Å². The Labute approximate surface area is 54.7 Å². The molecular formula is CH3N9. The van der Waals surface area contributed by atoms with Crippen LogP contribution in [-0.2, 0) is 0 Å². The van der Waals surface area contributed by atoms with Gasteiger partial charge in [0.25, 0.3) is 5.96 Å². The number of nitrogens with zero attached hydrogens (tertiary/aromatic N) is 7. The van der Waals surface area contributed by atoms with Gasteiger partial charge >= 0.3 is 0 Å². The molecule has 0 aromatic carbocycles. The fourth-order valence-electron chi connectivity index (χ4n) is 0.190. The molecule has 0 aliphatic rings. The molecule has 0 heterocycles. The summed E-state index contributed by atoms with van der Waals surface area (Å²) in [5.41, 5.74) is 20.4. The van der Waals surface area contributed by atoms with Crippen LogP contribution < -0.4 is 5.73 Å². The average molecular weight is 141 g/mol. The van der Waals surface area contributed by atoms with Crippen LogP contribution in [-0.4, -0.2) is 11.1 Å². The van der Waals surface area contributed by atoms with Gasteiger partial charge in [-0.2, -0.15) is 9.82 Å². The average Bonchev–Trinajstić information content (AvgIpc) is 1.87. The largest absolute Gasteiger partial charge is 0.349 e. The Bertz CT molecular complexity index is 192. The number of guanidine groups is 1. The Morgan fingerprint density at radius 3 is 2.00 bits per heavy atom. The van der Waals surface area contributed by atoms with E-state index >= 15 is 0 Å². The van der Waals surface area contributed by atoms with E-state index in [2.05, 4.69) is 20.3 Å². The molecule has 0 atom stereocenters. The van der Waals surface area contributed by atoms with Gasteiger partial charge in [0.15, 0.2) is 0 Å². The summed E-state index contributed by atoms with van der Waals surface area (Å²) in [5.74, 6) is -0.643. The van der Waals surface area contributed by atoms with Crippen molar-refractivity contribution >= 4 is 5.96 Å². The van der Waals surface area contributed by atoms with Crippen molar-refractivity contribution < 1.29 is 0 Å². The Hall–Kier alpha value is -2.11. The lowest BCUT2D eigenvalue weighted by atomic mass is 11.1. The van der Waals surface area contributed by atoms with Crippen molar-refractivity contribution in [2.45, 2.75) is 0 Å². The number of rotatable bonds is 2. The molecule has 0 aliphatic heterocycles. The molecule has 0 radical (unpaired) electrons. The van der Waals surface area contributed by atoms with Crippen LogP contribution >= 0.6 is 0 Å². The molecule has 10 heavy (non-hydrogen) atoms. The van der Waals surface area contributed by atoms with Gasteiger partial charge < -0.3 is 5.73 Å². The number of hydrogen-bond acceptors (Lipinski definition) is 3. The molecule has 0 rings (SSSR count). The summed E-state index contributed by atoms with van der Waals surface area (Å²) in [6.07, 6.45) is 0. The van der Waals surface area contributed by atoms with Gasteiger partial charge in [0.2, 0.25) is 0 Å². The van der Waals surface area contributed by atoms with Crippen LogP contribution in [0.4, 0.5) is 0 Å². The monoisotopic (exact) mass is 141 g/mol. The van der Waals surface area contributed by atoms with Crippen molar-refractivity contribution in [3.05, 3.63) is 20.9 Å². The van der Waals surface area contributed by atoms with Gasteiger partial charge in [-0.1, -0.05) is 5.12 Å². The number of hydrogen-bond donors (Lipinski definition) is 2. The van der Waals surface area contributed by atoms with Crippen molar-refractivity contribution in [2.75, 3.05) is 0 Å². The Morgan fingerprint density at radius 1 is 1.40 bits per heavy atom. The summed E-state index contributed by atoms with van der Waals surface area (Å²) >= 11 is 0. The number of nitrogens with two attached hydrogens (primary N) is 1. The van der Waals surface area contributed by atoms with Gasteiger partial charge in [-0.05, 0) is 0 Å². The van der Waals surface area contributed by atoms with Gasteiger partial charge in [-0.3, -0.25) is 0 Å². The lowest BCUT2D eigenvalue weighted by molar-refractivity contribution is 0.450. The molecule has 0 fully saturated rings. The van der Waals surface area contributed by atoms with E-state index in [1.54, 1.807) is 0 Å². The topological polar surface area (TPSA) is 151 Å². The zero-order chi connectivity index (χ0) is 7.98. The maximum absolute atomic E-state index is 7.79. The van der Waals surface area contributed by atoms with Crippen LogP contribution in [0.25, 0.3) is 20.9 Å². The molecule has 52 valence electrons. The van der Waals surface area contributed by atoms with Gasteiger partial charge in [-0.15, -0.1) is 11.1 Å².